The molecule has 4 aromatic heterocycles. The summed E-state index contributed by atoms with van der Waals surface area (Å²) in [5, 5.41) is 28.4. The van der Waals surface area contributed by atoms with Crippen molar-refractivity contribution in [1.82, 2.24) is 18.3 Å². The summed E-state index contributed by atoms with van der Waals surface area (Å²) in [6, 6.07) is 116. The molecule has 0 aliphatic carbocycles. The van der Waals surface area contributed by atoms with Crippen molar-refractivity contribution >= 4 is 136 Å². The number of hydrogen-bond acceptors (Lipinski definition) is 1. The molecule has 0 unspecified atom stereocenters. The van der Waals surface area contributed by atoms with Crippen molar-refractivity contribution in [2.75, 3.05) is 0 Å². The molecule has 0 aliphatic rings. The maximum absolute atomic E-state index is 14.9. The smallest absolute Gasteiger partial charge is 0.187 e. The number of benzene rings is 18. The fourth-order valence-electron chi connectivity index (χ4n) is 21.8. The van der Waals surface area contributed by atoms with Crippen LogP contribution < -0.4 is 0 Å². The van der Waals surface area contributed by atoms with Crippen molar-refractivity contribution in [2.45, 2.75) is 209 Å². The Bertz CT molecular complexity index is 8270. The minimum Gasteiger partial charge on any atom is -0.309 e. The quantitative estimate of drug-likeness (QED) is 0.110. The minimum atomic E-state index is -0.284. The van der Waals surface area contributed by atoms with Gasteiger partial charge in [-0.15, -0.1) is 0 Å². The lowest BCUT2D eigenvalue weighted by Gasteiger charge is -2.21. The highest BCUT2D eigenvalue weighted by atomic mass is 19.1. The molecule has 0 spiro atoms. The number of hydrogen-bond donors (Lipinski definition) is 0. The molecule has 0 bridgehead atoms. The van der Waals surface area contributed by atoms with Gasteiger partial charge in [-0.25, -0.2) is 13.6 Å². The number of rotatable bonds is 8. The standard InChI is InChI=1S/C68H62N4.C66H62F2N2/c1-65(2,3)44-20-30-59-53(34-44)54-35-45(66(4,5)6)21-31-60(54)71(59)49-27-29-52-57(38-49)63(42-16-14-41(40-69)15-17-42)51-28-26-50(39-58(51)64(52)43-18-24-48(70-13)25-19-43)72-61-32-22-46(67(7,8)9)36-55(61)56-37-47(68(10,11)12)23-33-62(56)72;1-63(2,3)41-17-29-57-51(33-41)52-34-42(64(4,5)6)18-30-58(52)69(57)47-25-27-49-55(37-47)61(39-13-21-45(67)22-14-39)50-28-26-48(38-56(50)62(49)40-15-23-46(68)24-16-40)70-59-31-19-43(65(7,8)9)35-53(59)54-36-44(66(10,11)12)20-32-60(54)70/h14-39H,1-12H3;13-38H,1-12H3. The molecule has 0 saturated carbocycles. The van der Waals surface area contributed by atoms with E-state index in [1.54, 1.807) is 24.3 Å². The van der Waals surface area contributed by atoms with Gasteiger partial charge < -0.3 is 18.3 Å². The molecule has 0 saturated heterocycles. The SMILES string of the molecule is CC(C)(C)c1ccc2c(c1)c1cc(C(C)(C)C)ccc1n2-c1ccc2c(-c3ccc(F)cc3)c3cc(-n4c5ccc(C(C)(C)C)cc5c5cc(C(C)(C)C)ccc54)ccc3c(-c3ccc(F)cc3)c2c1.[C-]#[N+]c1ccc(-c2c3ccc(-n4c5ccc(C(C)(C)C)cc5c5cc(C(C)(C)C)ccc54)cc3c(-c3ccc(C#N)cc3)c3ccc(-n4c5ccc(C(C)(C)C)cc5c5cc(C(C)(C)C)ccc54)cc23)cc1. The molecule has 142 heavy (non-hydrogen) atoms. The van der Waals surface area contributed by atoms with E-state index in [-0.39, 0.29) is 55.0 Å². The van der Waals surface area contributed by atoms with E-state index in [0.717, 1.165) is 132 Å². The normalized spacial score (nSPS) is 12.8. The number of nitrogens with zero attached hydrogens (tertiary/aromatic N) is 6. The zero-order valence-corrected chi connectivity index (χ0v) is 86.5. The maximum atomic E-state index is 14.9. The third kappa shape index (κ3) is 16.2. The first-order valence-electron chi connectivity index (χ1n) is 50.1. The van der Waals surface area contributed by atoms with Gasteiger partial charge in [0.05, 0.1) is 62.3 Å². The zero-order valence-electron chi connectivity index (χ0n) is 86.5. The van der Waals surface area contributed by atoms with Gasteiger partial charge in [0.2, 0.25) is 0 Å². The molecule has 4 heterocycles. The Kier molecular flexibility index (Phi) is 21.9. The predicted octanol–water partition coefficient (Wildman–Crippen LogP) is 38.1. The second-order valence-electron chi connectivity index (χ2n) is 48.0. The van der Waals surface area contributed by atoms with Crippen LogP contribution in [0.15, 0.2) is 315 Å². The lowest BCUT2D eigenvalue weighted by Crippen LogP contribution is -2.10. The third-order valence-corrected chi connectivity index (χ3v) is 30.0. The summed E-state index contributed by atoms with van der Waals surface area (Å²) >= 11 is 0. The van der Waals surface area contributed by atoms with E-state index < -0.39 is 0 Å². The molecule has 0 amide bonds. The molecule has 22 aromatic rings. The predicted molar refractivity (Wildman–Crippen MR) is 603 cm³/mol. The zero-order chi connectivity index (χ0) is 100. The monoisotopic (exact) mass is 1850 g/mol. The number of nitriles is 1. The Morgan fingerprint density at radius 3 is 0.549 bits per heavy atom. The van der Waals surface area contributed by atoms with Crippen LogP contribution in [0.3, 0.4) is 0 Å². The molecule has 18 aromatic carbocycles. The average molecular weight is 1860 g/mol. The third-order valence-electron chi connectivity index (χ3n) is 30.0. The lowest BCUT2D eigenvalue weighted by atomic mass is 9.85. The first kappa shape index (κ1) is 93.3. The fourth-order valence-corrected chi connectivity index (χ4v) is 21.8. The molecule has 0 radical (unpaired) electrons. The van der Waals surface area contributed by atoms with E-state index in [1.807, 2.05) is 48.5 Å². The van der Waals surface area contributed by atoms with Crippen LogP contribution in [0.25, 0.3) is 202 Å². The van der Waals surface area contributed by atoms with E-state index in [4.69, 9.17) is 6.57 Å². The molecule has 0 N–H and O–H groups in total. The van der Waals surface area contributed by atoms with Gasteiger partial charge >= 0.3 is 0 Å². The largest absolute Gasteiger partial charge is 0.309 e. The molecule has 6 nitrogen and oxygen atoms in total. The second kappa shape index (κ2) is 33.4. The van der Waals surface area contributed by atoms with Gasteiger partial charge in [-0.2, -0.15) is 5.26 Å². The summed E-state index contributed by atoms with van der Waals surface area (Å²) < 4.78 is 39.5. The molecular weight excluding hydrogens is 1730 g/mol. The number of aromatic nitrogens is 4. The Labute approximate surface area is 834 Å². The first-order valence-corrected chi connectivity index (χ1v) is 50.1. The van der Waals surface area contributed by atoms with E-state index in [2.05, 4.69) is 438 Å². The highest BCUT2D eigenvalue weighted by Gasteiger charge is 2.32. The van der Waals surface area contributed by atoms with Gasteiger partial charge in [0.25, 0.3) is 0 Å². The van der Waals surface area contributed by atoms with E-state index in [1.165, 1.54) is 110 Å². The Hall–Kier alpha value is -15.0. The highest BCUT2D eigenvalue weighted by Crippen LogP contribution is 2.53. The Morgan fingerprint density at radius 1 is 0.204 bits per heavy atom. The van der Waals surface area contributed by atoms with Gasteiger partial charge in [-0.1, -0.05) is 300 Å². The van der Waals surface area contributed by atoms with Crippen molar-refractivity contribution in [3.05, 3.63) is 389 Å². The summed E-state index contributed by atoms with van der Waals surface area (Å²) in [7, 11) is 0. The van der Waals surface area contributed by atoms with Crippen molar-refractivity contribution in [3.63, 3.8) is 0 Å². The van der Waals surface area contributed by atoms with Gasteiger partial charge in [-0.3, -0.25) is 0 Å². The average Bonchev–Trinajstić information content (AvgIpc) is 1.09. The number of halogens is 2. The van der Waals surface area contributed by atoms with Crippen LogP contribution in [-0.2, 0) is 43.3 Å². The van der Waals surface area contributed by atoms with Crippen molar-refractivity contribution in [2.24, 2.45) is 0 Å². The van der Waals surface area contributed by atoms with Gasteiger partial charge in [0, 0.05) is 65.8 Å². The Balaban J connectivity index is 0.000000168. The molecule has 22 rings (SSSR count). The van der Waals surface area contributed by atoms with Crippen molar-refractivity contribution < 1.29 is 8.78 Å². The summed E-state index contributed by atoms with van der Waals surface area (Å²) in [6.07, 6.45) is 0. The van der Waals surface area contributed by atoms with Gasteiger partial charge in [-0.05, 0) is 357 Å². The summed E-state index contributed by atoms with van der Waals surface area (Å²) in [4.78, 5) is 3.79. The van der Waals surface area contributed by atoms with Crippen LogP contribution in [-0.4, -0.2) is 18.3 Å². The first-order chi connectivity index (χ1) is 67.2. The second-order valence-corrected chi connectivity index (χ2v) is 48.0. The molecule has 0 aliphatic heterocycles. The van der Waals surface area contributed by atoms with Crippen molar-refractivity contribution in [3.8, 4) is 73.3 Å². The summed E-state index contributed by atoms with van der Waals surface area (Å²) in [5.41, 5.74) is 33.0. The van der Waals surface area contributed by atoms with E-state index >= 15 is 0 Å². The van der Waals surface area contributed by atoms with Crippen LogP contribution in [0.1, 0.15) is 216 Å². The summed E-state index contributed by atoms with van der Waals surface area (Å²) in [5.74, 6) is -0.568. The Morgan fingerprint density at radius 2 is 0.380 bits per heavy atom. The van der Waals surface area contributed by atoms with E-state index in [0.29, 0.717) is 11.3 Å². The molecule has 704 valence electrons. The molecular formula is C134H124F2N6. The lowest BCUT2D eigenvalue weighted by molar-refractivity contribution is 0.590. The van der Waals surface area contributed by atoms with Crippen molar-refractivity contribution in [1.29, 1.82) is 5.26 Å². The fraction of sp³-hybridized carbons (Fsp3) is 0.239. The minimum absolute atomic E-state index is 0.0131. The van der Waals surface area contributed by atoms with Crippen LogP contribution in [0.2, 0.25) is 0 Å². The topological polar surface area (TPSA) is 47.9 Å². The van der Waals surface area contributed by atoms with Gasteiger partial charge in [0.15, 0.2) is 5.69 Å². The molecule has 0 fully saturated rings. The van der Waals surface area contributed by atoms with Gasteiger partial charge in [0.1, 0.15) is 11.6 Å². The van der Waals surface area contributed by atoms with Crippen LogP contribution in [0.5, 0.6) is 0 Å². The highest BCUT2D eigenvalue weighted by molar-refractivity contribution is 6.25. The van der Waals surface area contributed by atoms with E-state index in [9.17, 15) is 14.0 Å². The van der Waals surface area contributed by atoms with Crippen LogP contribution >= 0.6 is 0 Å². The maximum Gasteiger partial charge on any atom is 0.187 e. The van der Waals surface area contributed by atoms with Crippen LogP contribution in [0, 0.1) is 29.5 Å². The summed E-state index contributed by atoms with van der Waals surface area (Å²) in [6.45, 7) is 62.6. The number of fused-ring (bicyclic) bond motifs is 16. The molecule has 0 atom stereocenters. The van der Waals surface area contributed by atoms with Crippen LogP contribution in [0.4, 0.5) is 14.5 Å². The molecule has 8 heteroatoms.